The Morgan fingerprint density at radius 2 is 1.97 bits per heavy atom. The van der Waals surface area contributed by atoms with Crippen LogP contribution in [0.25, 0.3) is 11.0 Å². The zero-order valence-corrected chi connectivity index (χ0v) is 20.2. The van der Waals surface area contributed by atoms with Crippen LogP contribution in [0.1, 0.15) is 38.7 Å². The molecule has 4 aromatic rings. The largest absolute Gasteiger partial charge is 0.451 e. The van der Waals surface area contributed by atoms with Gasteiger partial charge in [0.05, 0.1) is 0 Å². The smallest absolute Gasteiger partial charge is 0.287 e. The Hall–Kier alpha value is -2.68. The fourth-order valence-electron chi connectivity index (χ4n) is 4.23. The van der Waals surface area contributed by atoms with Crippen LogP contribution < -0.4 is 5.32 Å². The second kappa shape index (κ2) is 10.1. The van der Waals surface area contributed by atoms with E-state index in [-0.39, 0.29) is 5.91 Å². The van der Waals surface area contributed by atoms with E-state index in [9.17, 15) is 4.79 Å². The molecule has 8 heteroatoms. The van der Waals surface area contributed by atoms with Gasteiger partial charge in [0.25, 0.3) is 5.91 Å². The van der Waals surface area contributed by atoms with Gasteiger partial charge in [-0.2, -0.15) is 0 Å². The number of thioether (sulfide) groups is 1. The molecule has 0 radical (unpaired) electrons. The molecular weight excluding hydrogens is 452 g/mol. The molecule has 1 aliphatic heterocycles. The SMILES string of the molecule is Cc1nnc(SCc2c(C(=O)NCCCN3CCc4ccccc4C3)oc3ccccc23)s1. The zero-order chi connectivity index (χ0) is 22.6. The second-order valence-corrected chi connectivity index (χ2v) is 10.6. The van der Waals surface area contributed by atoms with Crippen molar-refractivity contribution in [3.05, 3.63) is 76.0 Å². The minimum absolute atomic E-state index is 0.153. The normalized spacial score (nSPS) is 13.8. The molecule has 2 aromatic carbocycles. The van der Waals surface area contributed by atoms with Gasteiger partial charge < -0.3 is 9.73 Å². The molecule has 0 saturated carbocycles. The van der Waals surface area contributed by atoms with E-state index in [2.05, 4.69) is 44.7 Å². The summed E-state index contributed by atoms with van der Waals surface area (Å²) in [4.78, 5) is 15.5. The number of aryl methyl sites for hydroxylation is 1. The average Bonchev–Trinajstić information content (AvgIpc) is 3.43. The molecule has 0 spiro atoms. The van der Waals surface area contributed by atoms with Crippen molar-refractivity contribution in [3.63, 3.8) is 0 Å². The lowest BCUT2D eigenvalue weighted by atomic mass is 10.00. The van der Waals surface area contributed by atoms with Crippen LogP contribution in [0.15, 0.2) is 57.3 Å². The summed E-state index contributed by atoms with van der Waals surface area (Å²) in [6.07, 6.45) is 2.00. The van der Waals surface area contributed by atoms with Crippen molar-refractivity contribution in [1.82, 2.24) is 20.4 Å². The Kier molecular flexibility index (Phi) is 6.75. The summed E-state index contributed by atoms with van der Waals surface area (Å²) in [5.41, 5.74) is 4.52. The number of carbonyl (C=O) groups excluding carboxylic acids is 1. The summed E-state index contributed by atoms with van der Waals surface area (Å²) in [6.45, 7) is 5.59. The van der Waals surface area contributed by atoms with Crippen LogP contribution >= 0.6 is 23.1 Å². The van der Waals surface area contributed by atoms with Gasteiger partial charge in [-0.1, -0.05) is 65.6 Å². The molecule has 3 heterocycles. The number of nitrogens with zero attached hydrogens (tertiary/aromatic N) is 3. The Labute approximate surface area is 201 Å². The Bertz CT molecular complexity index is 1270. The number of nitrogens with one attached hydrogen (secondary N) is 1. The van der Waals surface area contributed by atoms with E-state index in [0.717, 1.165) is 58.4 Å². The first-order valence-corrected chi connectivity index (χ1v) is 13.0. The zero-order valence-electron chi connectivity index (χ0n) is 18.5. The highest BCUT2D eigenvalue weighted by atomic mass is 32.2. The van der Waals surface area contributed by atoms with E-state index >= 15 is 0 Å². The molecule has 1 amide bonds. The highest BCUT2D eigenvalue weighted by Crippen LogP contribution is 2.33. The highest BCUT2D eigenvalue weighted by Gasteiger charge is 2.21. The minimum atomic E-state index is -0.153. The third kappa shape index (κ3) is 5.13. The molecule has 170 valence electrons. The maximum Gasteiger partial charge on any atom is 0.287 e. The number of para-hydroxylation sites is 1. The summed E-state index contributed by atoms with van der Waals surface area (Å²) in [5.74, 6) is 0.859. The number of hydrogen-bond acceptors (Lipinski definition) is 7. The Morgan fingerprint density at radius 3 is 2.82 bits per heavy atom. The van der Waals surface area contributed by atoms with Crippen LogP contribution in [-0.2, 0) is 18.7 Å². The van der Waals surface area contributed by atoms with Crippen LogP contribution in [-0.4, -0.2) is 40.6 Å². The molecule has 5 rings (SSSR count). The molecule has 0 bridgehead atoms. The number of carbonyl (C=O) groups is 1. The second-order valence-electron chi connectivity index (χ2n) is 8.19. The van der Waals surface area contributed by atoms with Crippen LogP contribution in [0, 0.1) is 6.92 Å². The molecule has 2 aromatic heterocycles. The molecule has 1 aliphatic rings. The van der Waals surface area contributed by atoms with Gasteiger partial charge >= 0.3 is 0 Å². The topological polar surface area (TPSA) is 71.3 Å². The first-order valence-electron chi connectivity index (χ1n) is 11.2. The molecule has 0 aliphatic carbocycles. The summed E-state index contributed by atoms with van der Waals surface area (Å²) in [7, 11) is 0. The number of aromatic nitrogens is 2. The maximum absolute atomic E-state index is 13.0. The number of benzene rings is 2. The molecule has 6 nitrogen and oxygen atoms in total. The molecule has 0 atom stereocenters. The third-order valence-electron chi connectivity index (χ3n) is 5.90. The lowest BCUT2D eigenvalue weighted by molar-refractivity contribution is 0.0925. The number of hydrogen-bond donors (Lipinski definition) is 1. The molecule has 0 unspecified atom stereocenters. The molecule has 0 fully saturated rings. The first kappa shape index (κ1) is 22.1. The van der Waals surface area contributed by atoms with E-state index in [0.29, 0.717) is 18.1 Å². The monoisotopic (exact) mass is 478 g/mol. The third-order valence-corrected chi connectivity index (χ3v) is 7.90. The van der Waals surface area contributed by atoms with Crippen molar-refractivity contribution in [2.24, 2.45) is 0 Å². The van der Waals surface area contributed by atoms with Crippen molar-refractivity contribution in [2.75, 3.05) is 19.6 Å². The minimum Gasteiger partial charge on any atom is -0.451 e. The van der Waals surface area contributed by atoms with Gasteiger partial charge in [0.1, 0.15) is 10.6 Å². The van der Waals surface area contributed by atoms with Crippen LogP contribution in [0.4, 0.5) is 0 Å². The van der Waals surface area contributed by atoms with Crippen LogP contribution in [0.3, 0.4) is 0 Å². The molecule has 33 heavy (non-hydrogen) atoms. The lowest BCUT2D eigenvalue weighted by Crippen LogP contribution is -2.33. The standard InChI is InChI=1S/C25H26N4O2S2/c1-17-27-28-25(33-17)32-16-21-20-9-4-5-10-22(20)31-23(21)24(30)26-12-6-13-29-14-11-18-7-2-3-8-19(18)15-29/h2-5,7-10H,6,11-16H2,1H3,(H,26,30). The Morgan fingerprint density at radius 1 is 1.15 bits per heavy atom. The number of amides is 1. The fraction of sp³-hybridized carbons (Fsp3) is 0.320. The number of furan rings is 1. The van der Waals surface area contributed by atoms with Crippen LogP contribution in [0.5, 0.6) is 0 Å². The van der Waals surface area contributed by atoms with Crippen molar-refractivity contribution in [3.8, 4) is 0 Å². The summed E-state index contributed by atoms with van der Waals surface area (Å²) in [6, 6.07) is 16.5. The first-order chi connectivity index (χ1) is 16.2. The molecule has 1 N–H and O–H groups in total. The summed E-state index contributed by atoms with van der Waals surface area (Å²) in [5, 5.41) is 13.2. The molecule has 0 saturated heterocycles. The van der Waals surface area contributed by atoms with Crippen molar-refractivity contribution in [1.29, 1.82) is 0 Å². The van der Waals surface area contributed by atoms with Gasteiger partial charge in [-0.15, -0.1) is 10.2 Å². The fourth-order valence-corrected chi connectivity index (χ4v) is 6.07. The van der Waals surface area contributed by atoms with Crippen molar-refractivity contribution >= 4 is 40.0 Å². The van der Waals surface area contributed by atoms with Gasteiger partial charge in [-0.3, -0.25) is 9.69 Å². The number of fused-ring (bicyclic) bond motifs is 2. The maximum atomic E-state index is 13.0. The Balaban J connectivity index is 1.19. The van der Waals surface area contributed by atoms with E-state index in [4.69, 9.17) is 4.42 Å². The van der Waals surface area contributed by atoms with E-state index in [1.807, 2.05) is 31.2 Å². The highest BCUT2D eigenvalue weighted by molar-refractivity contribution is 8.00. The van der Waals surface area contributed by atoms with Gasteiger partial charge in [0.15, 0.2) is 10.1 Å². The van der Waals surface area contributed by atoms with Crippen molar-refractivity contribution < 1.29 is 9.21 Å². The quantitative estimate of drug-likeness (QED) is 0.282. The number of rotatable bonds is 8. The van der Waals surface area contributed by atoms with Gasteiger partial charge in [0.2, 0.25) is 0 Å². The van der Waals surface area contributed by atoms with Gasteiger partial charge in [-0.05, 0) is 37.0 Å². The lowest BCUT2D eigenvalue weighted by Gasteiger charge is -2.28. The predicted octanol–water partition coefficient (Wildman–Crippen LogP) is 5.06. The van der Waals surface area contributed by atoms with Crippen molar-refractivity contribution in [2.45, 2.75) is 36.4 Å². The van der Waals surface area contributed by atoms with E-state index in [1.165, 1.54) is 11.1 Å². The summed E-state index contributed by atoms with van der Waals surface area (Å²) >= 11 is 3.15. The summed E-state index contributed by atoms with van der Waals surface area (Å²) < 4.78 is 6.87. The van der Waals surface area contributed by atoms with E-state index in [1.54, 1.807) is 23.1 Å². The van der Waals surface area contributed by atoms with Gasteiger partial charge in [0, 0.05) is 42.9 Å². The molecular formula is C25H26N4O2S2. The van der Waals surface area contributed by atoms with Gasteiger partial charge in [-0.25, -0.2) is 0 Å². The van der Waals surface area contributed by atoms with Crippen LogP contribution in [0.2, 0.25) is 0 Å². The average molecular weight is 479 g/mol. The predicted molar refractivity (Wildman–Crippen MR) is 133 cm³/mol. The van der Waals surface area contributed by atoms with E-state index < -0.39 is 0 Å².